The molecule has 0 heterocycles. The minimum Gasteiger partial charge on any atom is -0.397 e. The number of nitrogen functional groups attached to an aromatic ring is 1. The Morgan fingerprint density at radius 2 is 2.19 bits per heavy atom. The van der Waals surface area contributed by atoms with Crippen LogP contribution >= 0.6 is 11.6 Å². The Labute approximate surface area is 100.0 Å². The molecule has 0 amide bonds. The molecule has 1 fully saturated rings. The van der Waals surface area contributed by atoms with E-state index >= 15 is 0 Å². The van der Waals surface area contributed by atoms with E-state index in [1.54, 1.807) is 6.07 Å². The van der Waals surface area contributed by atoms with E-state index in [2.05, 4.69) is 5.32 Å². The Bertz CT molecular complexity index is 378. The van der Waals surface area contributed by atoms with E-state index in [9.17, 15) is 4.39 Å². The van der Waals surface area contributed by atoms with Crippen molar-refractivity contribution >= 4 is 23.0 Å². The third-order valence-electron chi connectivity index (χ3n) is 3.19. The van der Waals surface area contributed by atoms with Gasteiger partial charge in [-0.2, -0.15) is 0 Å². The van der Waals surface area contributed by atoms with E-state index in [0.717, 1.165) is 24.6 Å². The molecule has 0 saturated heterocycles. The minimum absolute atomic E-state index is 0.111. The summed E-state index contributed by atoms with van der Waals surface area (Å²) < 4.78 is 13.0. The average Bonchev–Trinajstić information content (AvgIpc) is 2.17. The van der Waals surface area contributed by atoms with Gasteiger partial charge in [0.1, 0.15) is 5.82 Å². The zero-order valence-electron chi connectivity index (χ0n) is 9.10. The second-order valence-corrected chi connectivity index (χ2v) is 4.77. The Balaban J connectivity index is 1.90. The van der Waals surface area contributed by atoms with Gasteiger partial charge in [-0.25, -0.2) is 4.39 Å². The van der Waals surface area contributed by atoms with E-state index in [1.807, 2.05) is 0 Å². The van der Waals surface area contributed by atoms with Crippen LogP contribution in [-0.2, 0) is 0 Å². The van der Waals surface area contributed by atoms with Gasteiger partial charge in [0.25, 0.3) is 0 Å². The fourth-order valence-corrected chi connectivity index (χ4v) is 2.07. The summed E-state index contributed by atoms with van der Waals surface area (Å²) in [4.78, 5) is 0. The van der Waals surface area contributed by atoms with Crippen LogP contribution in [0.5, 0.6) is 0 Å². The van der Waals surface area contributed by atoms with Crippen LogP contribution in [0.15, 0.2) is 12.1 Å². The van der Waals surface area contributed by atoms with E-state index in [4.69, 9.17) is 17.3 Å². The molecule has 0 radical (unpaired) electrons. The maximum absolute atomic E-state index is 13.0. The molecule has 1 aromatic rings. The van der Waals surface area contributed by atoms with Gasteiger partial charge in [0, 0.05) is 12.6 Å². The number of anilines is 2. The molecule has 4 heteroatoms. The van der Waals surface area contributed by atoms with Gasteiger partial charge < -0.3 is 11.1 Å². The molecule has 0 unspecified atom stereocenters. The highest BCUT2D eigenvalue weighted by Gasteiger charge is 2.16. The summed E-state index contributed by atoms with van der Waals surface area (Å²) in [5.41, 5.74) is 6.83. The molecular formula is C12H16ClFN2. The molecule has 88 valence electrons. The second-order valence-electron chi connectivity index (χ2n) is 4.37. The van der Waals surface area contributed by atoms with Crippen LogP contribution in [0.25, 0.3) is 0 Å². The standard InChI is InChI=1S/C12H16ClFN2/c13-9-6-12(11(15)7-10(9)14)16-5-4-8-2-1-3-8/h6-8,16H,1-5,15H2. The first-order chi connectivity index (χ1) is 7.66. The lowest BCUT2D eigenvalue weighted by Gasteiger charge is -2.25. The van der Waals surface area contributed by atoms with Gasteiger partial charge in [-0.3, -0.25) is 0 Å². The average molecular weight is 243 g/mol. The number of halogens is 2. The van der Waals surface area contributed by atoms with Crippen molar-refractivity contribution in [1.29, 1.82) is 0 Å². The van der Waals surface area contributed by atoms with Crippen molar-refractivity contribution in [1.82, 2.24) is 0 Å². The number of hydrogen-bond acceptors (Lipinski definition) is 2. The third kappa shape index (κ3) is 2.59. The van der Waals surface area contributed by atoms with E-state index < -0.39 is 5.82 Å². The Kier molecular flexibility index (Phi) is 3.54. The number of benzene rings is 1. The first-order valence-corrected chi connectivity index (χ1v) is 6.03. The van der Waals surface area contributed by atoms with Gasteiger partial charge in [-0.05, 0) is 18.4 Å². The quantitative estimate of drug-likeness (QED) is 0.791. The number of hydrogen-bond donors (Lipinski definition) is 2. The molecule has 16 heavy (non-hydrogen) atoms. The summed E-state index contributed by atoms with van der Waals surface area (Å²) >= 11 is 5.70. The Hall–Kier alpha value is -0.960. The van der Waals surface area contributed by atoms with E-state index in [0.29, 0.717) is 5.69 Å². The van der Waals surface area contributed by atoms with Crippen molar-refractivity contribution in [3.63, 3.8) is 0 Å². The van der Waals surface area contributed by atoms with Crippen molar-refractivity contribution in [2.45, 2.75) is 25.7 Å². The fourth-order valence-electron chi connectivity index (χ4n) is 1.91. The summed E-state index contributed by atoms with van der Waals surface area (Å²) in [7, 11) is 0. The normalized spacial score (nSPS) is 15.9. The largest absolute Gasteiger partial charge is 0.397 e. The maximum atomic E-state index is 13.0. The van der Waals surface area contributed by atoms with Gasteiger partial charge >= 0.3 is 0 Å². The van der Waals surface area contributed by atoms with Crippen molar-refractivity contribution in [3.8, 4) is 0 Å². The van der Waals surface area contributed by atoms with Gasteiger partial charge in [0.2, 0.25) is 0 Å². The van der Waals surface area contributed by atoms with Gasteiger partial charge in [-0.1, -0.05) is 30.9 Å². The fraction of sp³-hybridized carbons (Fsp3) is 0.500. The molecule has 3 N–H and O–H groups in total. The van der Waals surface area contributed by atoms with Gasteiger partial charge in [0.05, 0.1) is 16.4 Å². The number of rotatable bonds is 4. The molecule has 1 aromatic carbocycles. The lowest BCUT2D eigenvalue weighted by molar-refractivity contribution is 0.303. The predicted octanol–water partition coefficient (Wildman–Crippen LogP) is 3.66. The maximum Gasteiger partial charge on any atom is 0.143 e. The molecule has 2 rings (SSSR count). The first kappa shape index (κ1) is 11.5. The lowest BCUT2D eigenvalue weighted by Crippen LogP contribution is -2.16. The number of nitrogens with two attached hydrogens (primary N) is 1. The molecule has 1 saturated carbocycles. The molecule has 0 bridgehead atoms. The van der Waals surface area contributed by atoms with Crippen molar-refractivity contribution < 1.29 is 4.39 Å². The van der Waals surface area contributed by atoms with Gasteiger partial charge in [-0.15, -0.1) is 0 Å². The molecule has 1 aliphatic rings. The Morgan fingerprint density at radius 1 is 1.44 bits per heavy atom. The highest BCUT2D eigenvalue weighted by molar-refractivity contribution is 6.31. The second kappa shape index (κ2) is 4.91. The first-order valence-electron chi connectivity index (χ1n) is 5.65. The van der Waals surface area contributed by atoms with Crippen molar-refractivity contribution in [3.05, 3.63) is 23.0 Å². The summed E-state index contributed by atoms with van der Waals surface area (Å²) in [6, 6.07) is 2.81. The highest BCUT2D eigenvalue weighted by atomic mass is 35.5. The van der Waals surface area contributed by atoms with Crippen LogP contribution in [0.1, 0.15) is 25.7 Å². The summed E-state index contributed by atoms with van der Waals surface area (Å²) in [5, 5.41) is 3.32. The molecule has 0 atom stereocenters. The van der Waals surface area contributed by atoms with Crippen LogP contribution in [0.3, 0.4) is 0 Å². The number of nitrogens with one attached hydrogen (secondary N) is 1. The zero-order valence-corrected chi connectivity index (χ0v) is 9.86. The SMILES string of the molecule is Nc1cc(F)c(Cl)cc1NCCC1CCC1. The van der Waals surface area contributed by atoms with Crippen molar-refractivity contribution in [2.24, 2.45) is 5.92 Å². The van der Waals surface area contributed by atoms with E-state index in [1.165, 1.54) is 25.3 Å². The highest BCUT2D eigenvalue weighted by Crippen LogP contribution is 2.30. The topological polar surface area (TPSA) is 38.0 Å². The lowest BCUT2D eigenvalue weighted by atomic mass is 9.83. The molecule has 2 nitrogen and oxygen atoms in total. The molecule has 0 aliphatic heterocycles. The van der Waals surface area contributed by atoms with Crippen LogP contribution < -0.4 is 11.1 Å². The zero-order chi connectivity index (χ0) is 11.5. The Morgan fingerprint density at radius 3 is 2.81 bits per heavy atom. The molecular weight excluding hydrogens is 227 g/mol. The molecule has 0 spiro atoms. The van der Waals surface area contributed by atoms with Gasteiger partial charge in [0.15, 0.2) is 0 Å². The van der Waals surface area contributed by atoms with Crippen LogP contribution in [0.2, 0.25) is 5.02 Å². The monoisotopic (exact) mass is 242 g/mol. The predicted molar refractivity (Wildman–Crippen MR) is 66.3 cm³/mol. The van der Waals surface area contributed by atoms with Crippen molar-refractivity contribution in [2.75, 3.05) is 17.6 Å². The van der Waals surface area contributed by atoms with Crippen LogP contribution in [0.4, 0.5) is 15.8 Å². The molecule has 0 aromatic heterocycles. The summed E-state index contributed by atoms with van der Waals surface area (Å²) in [5.74, 6) is 0.383. The van der Waals surface area contributed by atoms with E-state index in [-0.39, 0.29) is 5.02 Å². The molecule has 1 aliphatic carbocycles. The van der Waals surface area contributed by atoms with Crippen LogP contribution in [-0.4, -0.2) is 6.54 Å². The van der Waals surface area contributed by atoms with Crippen LogP contribution in [0, 0.1) is 11.7 Å². The summed E-state index contributed by atoms with van der Waals surface area (Å²) in [6.45, 7) is 0.872. The third-order valence-corrected chi connectivity index (χ3v) is 3.47. The smallest absolute Gasteiger partial charge is 0.143 e. The summed E-state index contributed by atoms with van der Waals surface area (Å²) in [6.07, 6.45) is 5.17. The minimum atomic E-state index is -0.469.